The van der Waals surface area contributed by atoms with Crippen molar-refractivity contribution in [1.82, 2.24) is 24.8 Å². The van der Waals surface area contributed by atoms with Crippen LogP contribution in [-0.2, 0) is 16.6 Å². The number of hydrogen-bond donors (Lipinski definition) is 1. The monoisotopic (exact) mass is 688 g/mol. The van der Waals surface area contributed by atoms with Gasteiger partial charge in [-0.3, -0.25) is 14.7 Å². The molecule has 11 nitrogen and oxygen atoms in total. The van der Waals surface area contributed by atoms with E-state index in [1.165, 1.54) is 19.3 Å². The standard InChI is InChI=1S/C37H48N6O5S/c1-4-47-33-17-31(21-38-22-33)30-14-29(15-32(16-30)48-25(2)3)23-42-7-9-43(10-8-42)35-6-5-34(39-40-35)36(44)41-49(45,46)24-37-18-26-11-27(19-37)13-28(12-26)20-37/h5-6,14-17,21-22,25-28H,4,7-13,18-20,23-24H2,1-3H3,(H,41,44). The van der Waals surface area contributed by atoms with Crippen molar-refractivity contribution in [2.24, 2.45) is 23.2 Å². The number of anilines is 1. The fourth-order valence-corrected chi connectivity index (χ4v) is 10.8. The second-order valence-electron chi connectivity index (χ2n) is 15.0. The highest BCUT2D eigenvalue weighted by atomic mass is 32.2. The number of nitrogens with one attached hydrogen (secondary N) is 1. The van der Waals surface area contributed by atoms with Crippen LogP contribution in [0.15, 0.2) is 48.8 Å². The zero-order valence-corrected chi connectivity index (χ0v) is 29.6. The Hall–Kier alpha value is -3.77. The molecule has 8 rings (SSSR count). The Balaban J connectivity index is 0.947. The number of carbonyl (C=O) groups excluding carboxylic acids is 1. The van der Waals surface area contributed by atoms with Crippen LogP contribution in [0.25, 0.3) is 11.1 Å². The van der Waals surface area contributed by atoms with E-state index in [0.29, 0.717) is 30.2 Å². The summed E-state index contributed by atoms with van der Waals surface area (Å²) in [6.45, 7) is 10.5. The number of carbonyl (C=O) groups is 1. The lowest BCUT2D eigenvalue weighted by Gasteiger charge is -2.56. The highest BCUT2D eigenvalue weighted by molar-refractivity contribution is 7.90. The Kier molecular flexibility index (Phi) is 9.54. The van der Waals surface area contributed by atoms with E-state index >= 15 is 0 Å². The first-order valence-electron chi connectivity index (χ1n) is 17.8. The van der Waals surface area contributed by atoms with E-state index in [9.17, 15) is 13.2 Å². The lowest BCUT2D eigenvalue weighted by molar-refractivity contribution is -0.0391. The Morgan fingerprint density at radius 1 is 0.918 bits per heavy atom. The molecular formula is C37H48N6O5S. The molecule has 3 aromatic rings. The number of sulfonamides is 1. The first-order chi connectivity index (χ1) is 23.5. The van der Waals surface area contributed by atoms with Crippen LogP contribution in [0.5, 0.6) is 11.5 Å². The van der Waals surface area contributed by atoms with Crippen molar-refractivity contribution in [1.29, 1.82) is 0 Å². The lowest BCUT2D eigenvalue weighted by Crippen LogP contribution is -2.51. The summed E-state index contributed by atoms with van der Waals surface area (Å²) in [6, 6.07) is 11.7. The Bertz CT molecular complexity index is 1720. The topological polar surface area (TPSA) is 127 Å². The molecule has 1 saturated heterocycles. The number of benzene rings is 1. The number of amides is 1. The number of hydrogen-bond acceptors (Lipinski definition) is 10. The maximum Gasteiger partial charge on any atom is 0.285 e. The average molecular weight is 689 g/mol. The molecule has 49 heavy (non-hydrogen) atoms. The molecule has 1 aromatic carbocycles. The van der Waals surface area contributed by atoms with Crippen LogP contribution >= 0.6 is 0 Å². The molecule has 1 amide bonds. The molecule has 5 fully saturated rings. The van der Waals surface area contributed by atoms with Gasteiger partial charge in [0.2, 0.25) is 10.0 Å². The summed E-state index contributed by atoms with van der Waals surface area (Å²) in [5.74, 6) is 3.49. The molecule has 1 aliphatic heterocycles. The predicted molar refractivity (Wildman–Crippen MR) is 188 cm³/mol. The molecule has 0 atom stereocenters. The van der Waals surface area contributed by atoms with Gasteiger partial charge in [0.25, 0.3) is 5.91 Å². The van der Waals surface area contributed by atoms with E-state index in [4.69, 9.17) is 9.47 Å². The maximum absolute atomic E-state index is 13.2. The number of piperazine rings is 1. The second-order valence-corrected chi connectivity index (χ2v) is 16.7. The van der Waals surface area contributed by atoms with E-state index in [2.05, 4.69) is 47.9 Å². The summed E-state index contributed by atoms with van der Waals surface area (Å²) in [7, 11) is -3.79. The van der Waals surface area contributed by atoms with E-state index < -0.39 is 15.9 Å². The van der Waals surface area contributed by atoms with Crippen LogP contribution in [0.1, 0.15) is 75.3 Å². The summed E-state index contributed by atoms with van der Waals surface area (Å²) in [5.41, 5.74) is 2.98. The number of ether oxygens (including phenoxy) is 2. The van der Waals surface area contributed by atoms with Gasteiger partial charge in [-0.1, -0.05) is 0 Å². The fraction of sp³-hybridized carbons (Fsp3) is 0.568. The Morgan fingerprint density at radius 2 is 1.61 bits per heavy atom. The van der Waals surface area contributed by atoms with Crippen molar-refractivity contribution in [2.75, 3.05) is 43.4 Å². The molecule has 5 aliphatic rings. The van der Waals surface area contributed by atoms with Gasteiger partial charge in [0.05, 0.1) is 24.7 Å². The molecule has 12 heteroatoms. The van der Waals surface area contributed by atoms with Gasteiger partial charge in [-0.15, -0.1) is 10.2 Å². The smallest absolute Gasteiger partial charge is 0.285 e. The third-order valence-corrected chi connectivity index (χ3v) is 12.1. The van der Waals surface area contributed by atoms with E-state index in [1.54, 1.807) is 18.3 Å². The van der Waals surface area contributed by atoms with Crippen LogP contribution in [0.3, 0.4) is 0 Å². The summed E-state index contributed by atoms with van der Waals surface area (Å²) >= 11 is 0. The van der Waals surface area contributed by atoms with Gasteiger partial charge in [0.1, 0.15) is 11.5 Å². The van der Waals surface area contributed by atoms with Crippen LogP contribution in [0.2, 0.25) is 0 Å². The van der Waals surface area contributed by atoms with Gasteiger partial charge in [-0.2, -0.15) is 0 Å². The van der Waals surface area contributed by atoms with Gasteiger partial charge in [-0.05, 0) is 130 Å². The summed E-state index contributed by atoms with van der Waals surface area (Å²) in [5, 5.41) is 8.45. The molecule has 1 N–H and O–H groups in total. The van der Waals surface area contributed by atoms with Crippen molar-refractivity contribution in [2.45, 2.75) is 71.9 Å². The van der Waals surface area contributed by atoms with Crippen molar-refractivity contribution < 1.29 is 22.7 Å². The van der Waals surface area contributed by atoms with Crippen molar-refractivity contribution in [3.63, 3.8) is 0 Å². The number of rotatable bonds is 12. The number of pyridine rings is 1. The summed E-state index contributed by atoms with van der Waals surface area (Å²) in [4.78, 5) is 21.9. The molecule has 0 unspecified atom stereocenters. The molecule has 0 radical (unpaired) electrons. The van der Waals surface area contributed by atoms with Gasteiger partial charge >= 0.3 is 0 Å². The SMILES string of the molecule is CCOc1cncc(-c2cc(CN3CCN(c4ccc(C(=O)NS(=O)(=O)CC56CC7CC(CC(C7)C5)C6)nn4)CC3)cc(OC(C)C)c2)c1. The third-order valence-electron chi connectivity index (χ3n) is 10.6. The maximum atomic E-state index is 13.2. The number of nitrogens with zero attached hydrogens (tertiary/aromatic N) is 5. The molecule has 4 saturated carbocycles. The number of aromatic nitrogens is 3. The minimum Gasteiger partial charge on any atom is -0.492 e. The van der Waals surface area contributed by atoms with Gasteiger partial charge in [0.15, 0.2) is 11.5 Å². The molecule has 4 bridgehead atoms. The van der Waals surface area contributed by atoms with Crippen LogP contribution in [0, 0.1) is 23.2 Å². The third kappa shape index (κ3) is 8.01. The quantitative estimate of drug-likeness (QED) is 0.267. The fourth-order valence-electron chi connectivity index (χ4n) is 9.19. The van der Waals surface area contributed by atoms with Crippen LogP contribution in [0.4, 0.5) is 5.82 Å². The largest absolute Gasteiger partial charge is 0.492 e. The van der Waals surface area contributed by atoms with Crippen molar-refractivity contribution in [3.8, 4) is 22.6 Å². The predicted octanol–water partition coefficient (Wildman–Crippen LogP) is 5.32. The minimum atomic E-state index is -3.79. The highest BCUT2D eigenvalue weighted by Crippen LogP contribution is 2.60. The molecule has 4 aliphatic carbocycles. The van der Waals surface area contributed by atoms with Crippen LogP contribution < -0.4 is 19.1 Å². The van der Waals surface area contributed by atoms with Crippen molar-refractivity contribution in [3.05, 3.63) is 60.0 Å². The van der Waals surface area contributed by atoms with E-state index in [-0.39, 0.29) is 23.0 Å². The summed E-state index contributed by atoms with van der Waals surface area (Å²) in [6.07, 6.45) is 10.3. The first-order valence-corrected chi connectivity index (χ1v) is 19.4. The Labute approximate surface area is 289 Å². The minimum absolute atomic E-state index is 0.0118. The molecule has 0 spiro atoms. The molecule has 3 heterocycles. The Morgan fingerprint density at radius 3 is 2.24 bits per heavy atom. The first kappa shape index (κ1) is 33.7. The second kappa shape index (κ2) is 13.9. The van der Waals surface area contributed by atoms with Crippen LogP contribution in [-0.4, -0.2) is 79.0 Å². The normalized spacial score (nSPS) is 25.1. The molecule has 2 aromatic heterocycles. The highest BCUT2D eigenvalue weighted by Gasteiger charge is 2.52. The zero-order chi connectivity index (χ0) is 34.2. The van der Waals surface area contributed by atoms with Gasteiger partial charge in [-0.25, -0.2) is 13.1 Å². The zero-order valence-electron chi connectivity index (χ0n) is 28.8. The average Bonchev–Trinajstić information content (AvgIpc) is 3.04. The summed E-state index contributed by atoms with van der Waals surface area (Å²) < 4.78 is 40.4. The molecule has 262 valence electrons. The van der Waals surface area contributed by atoms with E-state index in [0.717, 1.165) is 80.2 Å². The van der Waals surface area contributed by atoms with E-state index in [1.807, 2.05) is 33.0 Å². The van der Waals surface area contributed by atoms with Crippen molar-refractivity contribution >= 4 is 21.7 Å². The van der Waals surface area contributed by atoms with Gasteiger partial charge < -0.3 is 14.4 Å². The lowest BCUT2D eigenvalue weighted by atomic mass is 9.50. The molecular weight excluding hydrogens is 641 g/mol. The van der Waals surface area contributed by atoms with Gasteiger partial charge in [0, 0.05) is 44.5 Å².